The van der Waals surface area contributed by atoms with Crippen LogP contribution in [0.3, 0.4) is 0 Å². The molecule has 3 nitrogen and oxygen atoms in total. The first kappa shape index (κ1) is 10.2. The number of rotatable bonds is 3. The van der Waals surface area contributed by atoms with Gasteiger partial charge in [-0.1, -0.05) is 12.1 Å². The zero-order chi connectivity index (χ0) is 10.4. The molecule has 0 amide bonds. The Morgan fingerprint density at radius 2 is 2.36 bits per heavy atom. The Morgan fingerprint density at radius 1 is 1.57 bits per heavy atom. The lowest BCUT2D eigenvalue weighted by Crippen LogP contribution is -1.89. The van der Waals surface area contributed by atoms with Crippen molar-refractivity contribution < 1.29 is 5.11 Å². The second-order valence-corrected chi connectivity index (χ2v) is 2.63. The van der Waals surface area contributed by atoms with Crippen LogP contribution in [0.1, 0.15) is 12.6 Å². The van der Waals surface area contributed by atoms with Gasteiger partial charge in [0.2, 0.25) is 5.88 Å². The van der Waals surface area contributed by atoms with Crippen molar-refractivity contribution in [1.29, 1.82) is 0 Å². The molecule has 1 heterocycles. The zero-order valence-corrected chi connectivity index (χ0v) is 8.01. The van der Waals surface area contributed by atoms with E-state index in [2.05, 4.69) is 16.6 Å². The molecule has 0 unspecified atom stereocenters. The van der Waals surface area contributed by atoms with Crippen molar-refractivity contribution in [3.05, 3.63) is 48.6 Å². The maximum Gasteiger partial charge on any atom is 0.203 e. The minimum absolute atomic E-state index is 0.208. The average molecular weight is 188 g/mol. The molecule has 0 aliphatic heterocycles. The quantitative estimate of drug-likeness (QED) is 0.585. The first-order valence-electron chi connectivity index (χ1n) is 4.23. The highest BCUT2D eigenvalue weighted by atomic mass is 16.3. The highest BCUT2D eigenvalue weighted by molar-refractivity contribution is 6.09. The van der Waals surface area contributed by atoms with E-state index in [-0.39, 0.29) is 5.88 Å². The van der Waals surface area contributed by atoms with Crippen LogP contribution >= 0.6 is 0 Å². The van der Waals surface area contributed by atoms with Gasteiger partial charge in [-0.3, -0.25) is 4.98 Å². The van der Waals surface area contributed by atoms with Gasteiger partial charge < -0.3 is 5.11 Å². The van der Waals surface area contributed by atoms with Crippen molar-refractivity contribution >= 4 is 11.8 Å². The number of aliphatic hydroxyl groups is 1. The second-order valence-electron chi connectivity index (χ2n) is 2.63. The van der Waals surface area contributed by atoms with E-state index >= 15 is 0 Å². The molecular weight excluding hydrogens is 176 g/mol. The third kappa shape index (κ3) is 2.86. The summed E-state index contributed by atoms with van der Waals surface area (Å²) < 4.78 is 0. The number of hydrogen-bond acceptors (Lipinski definition) is 3. The van der Waals surface area contributed by atoms with Gasteiger partial charge in [0.1, 0.15) is 0 Å². The van der Waals surface area contributed by atoms with E-state index < -0.39 is 0 Å². The van der Waals surface area contributed by atoms with Crippen LogP contribution in [0.5, 0.6) is 0 Å². The van der Waals surface area contributed by atoms with Gasteiger partial charge in [0.15, 0.2) is 0 Å². The summed E-state index contributed by atoms with van der Waals surface area (Å²) in [5, 5.41) is 8.80. The van der Waals surface area contributed by atoms with Gasteiger partial charge in [-0.05, 0) is 25.6 Å². The molecule has 0 saturated carbocycles. The van der Waals surface area contributed by atoms with Crippen LogP contribution in [0.2, 0.25) is 0 Å². The molecule has 1 aromatic heterocycles. The summed E-state index contributed by atoms with van der Waals surface area (Å²) in [4.78, 5) is 7.86. The highest BCUT2D eigenvalue weighted by Crippen LogP contribution is 2.08. The van der Waals surface area contributed by atoms with Gasteiger partial charge in [0.05, 0.1) is 5.69 Å². The van der Waals surface area contributed by atoms with Crippen LogP contribution in [0.15, 0.2) is 47.9 Å². The number of aliphatic imine (C=N–C) groups is 1. The fraction of sp³-hybridized carbons (Fsp3) is 0.0909. The largest absolute Gasteiger partial charge is 0.494 e. The number of hydrogen-bond donors (Lipinski definition) is 1. The van der Waals surface area contributed by atoms with E-state index in [9.17, 15) is 0 Å². The lowest BCUT2D eigenvalue weighted by atomic mass is 10.2. The molecule has 1 N–H and O–H groups in total. The van der Waals surface area contributed by atoms with E-state index in [1.165, 1.54) is 6.21 Å². The standard InChI is InChI=1S/C11H12N2O/c1-3-10(8-13-9(2)14)11-6-4-5-7-12-11/h3-8,14H,2H2,1H3/b10-3+,13-8-. The van der Waals surface area contributed by atoms with Gasteiger partial charge in [-0.25, -0.2) is 4.99 Å². The summed E-state index contributed by atoms with van der Waals surface area (Å²) in [6.45, 7) is 5.15. The Kier molecular flexibility index (Phi) is 3.61. The first-order valence-corrected chi connectivity index (χ1v) is 4.23. The number of allylic oxidation sites excluding steroid dienone is 2. The van der Waals surface area contributed by atoms with Crippen LogP contribution in [0.25, 0.3) is 5.57 Å². The fourth-order valence-corrected chi connectivity index (χ4v) is 0.966. The second kappa shape index (κ2) is 4.97. The van der Waals surface area contributed by atoms with E-state index in [1.54, 1.807) is 6.20 Å². The third-order valence-electron chi connectivity index (χ3n) is 1.62. The molecule has 14 heavy (non-hydrogen) atoms. The van der Waals surface area contributed by atoms with E-state index in [0.29, 0.717) is 0 Å². The van der Waals surface area contributed by atoms with Gasteiger partial charge in [0, 0.05) is 18.0 Å². The predicted octanol–water partition coefficient (Wildman–Crippen LogP) is 2.58. The SMILES string of the molecule is C=C(O)/N=C\C(=C/C)c1ccccn1. The van der Waals surface area contributed by atoms with Gasteiger partial charge in [-0.15, -0.1) is 0 Å². The van der Waals surface area contributed by atoms with Crippen molar-refractivity contribution in [2.75, 3.05) is 0 Å². The molecular formula is C11H12N2O. The zero-order valence-electron chi connectivity index (χ0n) is 8.01. The molecule has 0 fully saturated rings. The number of aliphatic hydroxyl groups excluding tert-OH is 1. The average Bonchev–Trinajstić information content (AvgIpc) is 2.20. The van der Waals surface area contributed by atoms with Crippen LogP contribution in [0, 0.1) is 0 Å². The lowest BCUT2D eigenvalue weighted by Gasteiger charge is -1.98. The van der Waals surface area contributed by atoms with Crippen LogP contribution in [0.4, 0.5) is 0 Å². The van der Waals surface area contributed by atoms with Gasteiger partial charge in [0.25, 0.3) is 0 Å². The monoisotopic (exact) mass is 188 g/mol. The maximum atomic E-state index is 8.80. The van der Waals surface area contributed by atoms with Crippen LogP contribution in [-0.2, 0) is 0 Å². The molecule has 0 atom stereocenters. The fourth-order valence-electron chi connectivity index (χ4n) is 0.966. The number of pyridine rings is 1. The maximum absolute atomic E-state index is 8.80. The topological polar surface area (TPSA) is 45.5 Å². The molecule has 0 spiro atoms. The minimum Gasteiger partial charge on any atom is -0.494 e. The summed E-state index contributed by atoms with van der Waals surface area (Å²) in [6, 6.07) is 5.62. The summed E-state index contributed by atoms with van der Waals surface area (Å²) in [5.41, 5.74) is 1.67. The van der Waals surface area contributed by atoms with Crippen molar-refractivity contribution in [2.24, 2.45) is 4.99 Å². The van der Waals surface area contributed by atoms with Crippen molar-refractivity contribution in [3.8, 4) is 0 Å². The molecule has 0 aliphatic carbocycles. The van der Waals surface area contributed by atoms with Crippen LogP contribution in [-0.4, -0.2) is 16.3 Å². The summed E-state index contributed by atoms with van der Waals surface area (Å²) in [5.74, 6) is -0.208. The van der Waals surface area contributed by atoms with E-state index in [1.807, 2.05) is 31.2 Å². The number of nitrogens with zero attached hydrogens (tertiary/aromatic N) is 2. The van der Waals surface area contributed by atoms with Crippen molar-refractivity contribution in [3.63, 3.8) is 0 Å². The molecule has 0 radical (unpaired) electrons. The summed E-state index contributed by atoms with van der Waals surface area (Å²) in [6.07, 6.45) is 5.11. The Hall–Kier alpha value is -1.90. The first-order chi connectivity index (χ1) is 6.74. The van der Waals surface area contributed by atoms with E-state index in [4.69, 9.17) is 5.11 Å². The molecule has 0 bridgehead atoms. The molecule has 72 valence electrons. The summed E-state index contributed by atoms with van der Waals surface area (Å²) in [7, 11) is 0. The number of aromatic nitrogens is 1. The smallest absolute Gasteiger partial charge is 0.203 e. The van der Waals surface area contributed by atoms with Crippen molar-refractivity contribution in [2.45, 2.75) is 6.92 Å². The normalized spacial score (nSPS) is 11.9. The Bertz CT molecular complexity index is 366. The molecule has 1 aromatic rings. The Morgan fingerprint density at radius 3 is 2.86 bits per heavy atom. The Balaban J connectivity index is 2.90. The van der Waals surface area contributed by atoms with Crippen molar-refractivity contribution in [1.82, 2.24) is 4.98 Å². The molecule has 0 saturated heterocycles. The molecule has 0 aromatic carbocycles. The summed E-state index contributed by atoms with van der Waals surface area (Å²) >= 11 is 0. The lowest BCUT2D eigenvalue weighted by molar-refractivity contribution is 0.410. The molecule has 3 heteroatoms. The van der Waals surface area contributed by atoms with Gasteiger partial charge in [-0.2, -0.15) is 0 Å². The predicted molar refractivity (Wildman–Crippen MR) is 58.1 cm³/mol. The minimum atomic E-state index is -0.208. The Labute approximate surface area is 83.2 Å². The van der Waals surface area contributed by atoms with Crippen LogP contribution < -0.4 is 0 Å². The molecule has 1 rings (SSSR count). The highest BCUT2D eigenvalue weighted by Gasteiger charge is 1.96. The van der Waals surface area contributed by atoms with Gasteiger partial charge >= 0.3 is 0 Å². The third-order valence-corrected chi connectivity index (χ3v) is 1.62. The van der Waals surface area contributed by atoms with E-state index in [0.717, 1.165) is 11.3 Å². The molecule has 0 aliphatic rings.